The number of ether oxygens (including phenoxy) is 3. The van der Waals surface area contributed by atoms with E-state index < -0.39 is 47.5 Å². The molecule has 2 bridgehead atoms. The van der Waals surface area contributed by atoms with E-state index in [1.807, 2.05) is 19.1 Å². The van der Waals surface area contributed by atoms with E-state index in [1.165, 1.54) is 4.90 Å². The van der Waals surface area contributed by atoms with Crippen molar-refractivity contribution in [3.05, 3.63) is 23.9 Å². The lowest BCUT2D eigenvalue weighted by molar-refractivity contribution is -0.151. The van der Waals surface area contributed by atoms with Gasteiger partial charge in [0.15, 0.2) is 0 Å². The molecule has 1 unspecified atom stereocenters. The zero-order valence-corrected chi connectivity index (χ0v) is 25.2. The first kappa shape index (κ1) is 29.4. The van der Waals surface area contributed by atoms with Crippen LogP contribution in [-0.4, -0.2) is 75.9 Å². The van der Waals surface area contributed by atoms with Crippen LogP contribution in [-0.2, 0) is 20.7 Å². The van der Waals surface area contributed by atoms with Crippen LogP contribution in [0.2, 0.25) is 0 Å². The summed E-state index contributed by atoms with van der Waals surface area (Å²) in [7, 11) is 1.59. The largest absolute Gasteiger partial charge is 0.497 e. The van der Waals surface area contributed by atoms with Crippen molar-refractivity contribution in [2.75, 3.05) is 13.7 Å². The number of amides is 2. The number of carbonyl (C=O) groups excluding carboxylic acids is 2. The minimum absolute atomic E-state index is 0.0578. The lowest BCUT2D eigenvalue weighted by Crippen LogP contribution is -2.58. The van der Waals surface area contributed by atoms with Crippen LogP contribution in [0.15, 0.2) is 18.2 Å². The predicted molar refractivity (Wildman–Crippen MR) is 157 cm³/mol. The molecule has 2 N–H and O–H groups in total. The van der Waals surface area contributed by atoms with Gasteiger partial charge in [-0.15, -0.1) is 0 Å². The summed E-state index contributed by atoms with van der Waals surface area (Å²) < 4.78 is 17.6. The van der Waals surface area contributed by atoms with E-state index in [1.54, 1.807) is 20.1 Å². The maximum Gasteiger partial charge on any atom is 0.408 e. The van der Waals surface area contributed by atoms with Crippen LogP contribution in [0.1, 0.15) is 77.3 Å². The minimum Gasteiger partial charge on any atom is -0.497 e. The number of methoxy groups -OCH3 is 1. The number of aromatic nitrogens is 2. The van der Waals surface area contributed by atoms with Crippen LogP contribution in [0.4, 0.5) is 4.79 Å². The Morgan fingerprint density at radius 2 is 1.86 bits per heavy atom. The van der Waals surface area contributed by atoms with Gasteiger partial charge in [0, 0.05) is 12.0 Å². The topological polar surface area (TPSA) is 140 Å². The molecule has 11 heteroatoms. The quantitative estimate of drug-likeness (QED) is 0.526. The zero-order valence-electron chi connectivity index (χ0n) is 25.2. The van der Waals surface area contributed by atoms with E-state index in [4.69, 9.17) is 24.2 Å². The van der Waals surface area contributed by atoms with E-state index in [-0.39, 0.29) is 12.6 Å². The Morgan fingerprint density at radius 3 is 2.60 bits per heavy atom. The van der Waals surface area contributed by atoms with E-state index in [0.717, 1.165) is 69.0 Å². The molecule has 1 saturated heterocycles. The molecular weight excluding hydrogens is 552 g/mol. The highest BCUT2D eigenvalue weighted by Gasteiger charge is 2.52. The van der Waals surface area contributed by atoms with Crippen molar-refractivity contribution < 1.29 is 33.7 Å². The second-order valence-electron chi connectivity index (χ2n) is 13.1. The Morgan fingerprint density at radius 1 is 1.07 bits per heavy atom. The second kappa shape index (κ2) is 11.8. The molecule has 2 amide bonds. The normalized spacial score (nSPS) is 31.1. The summed E-state index contributed by atoms with van der Waals surface area (Å²) in [5, 5.41) is 13.2. The van der Waals surface area contributed by atoms with Gasteiger partial charge in [-0.1, -0.05) is 39.5 Å². The highest BCUT2D eigenvalue weighted by Crippen LogP contribution is 2.43. The van der Waals surface area contributed by atoms with Crippen molar-refractivity contribution in [1.82, 2.24) is 20.2 Å². The number of rotatable bonds is 3. The fraction of sp³-hybridized carbons (Fsp3) is 0.656. The number of alkyl carbamates (subject to hydrolysis) is 1. The maximum atomic E-state index is 14.3. The van der Waals surface area contributed by atoms with Crippen LogP contribution in [0.3, 0.4) is 0 Å². The molecule has 4 aliphatic rings. The number of carboxylic acid groups (broad SMARTS) is 1. The summed E-state index contributed by atoms with van der Waals surface area (Å²) in [4.78, 5) is 51.1. The molecule has 2 aromatic rings. The molecular formula is C32H42N4O7. The van der Waals surface area contributed by atoms with Crippen LogP contribution in [0.25, 0.3) is 11.0 Å². The van der Waals surface area contributed by atoms with Gasteiger partial charge in [-0.25, -0.2) is 19.6 Å². The van der Waals surface area contributed by atoms with Crippen LogP contribution in [0.5, 0.6) is 11.6 Å². The number of benzene rings is 1. The van der Waals surface area contributed by atoms with Crippen LogP contribution >= 0.6 is 0 Å². The molecule has 2 aliphatic heterocycles. The number of nitrogens with zero attached hydrogens (tertiary/aromatic N) is 3. The Labute approximate surface area is 251 Å². The second-order valence-corrected chi connectivity index (χ2v) is 13.1. The standard InChI is InChI=1S/C32H42N4O7/c1-18-25-17-36(26(18)30(38)39)29(37)27(32(2)13-7-8-14-32)35-31(40)43-24-15-19(24)9-5-4-6-10-22-28(42-25)34-23-16-20(41-3)11-12-21(23)33-22/h11-12,16,18-19,24-27H,4-10,13-15,17H2,1-3H3,(H,35,40)(H,38,39)/t18-,19?,24-,25+,26+,27-/m1/s1. The average Bonchev–Trinajstić information content (AvgIpc) is 3.39. The number of nitrogens with one attached hydrogen (secondary N) is 1. The first-order chi connectivity index (χ1) is 20.7. The maximum absolute atomic E-state index is 14.3. The van der Waals surface area contributed by atoms with Gasteiger partial charge < -0.3 is 29.5 Å². The number of carboxylic acids is 1. The number of fused-ring (bicyclic) bond motifs is 5. The third kappa shape index (κ3) is 5.95. The molecule has 6 rings (SSSR count). The first-order valence-electron chi connectivity index (χ1n) is 15.7. The molecule has 3 heterocycles. The first-order valence-corrected chi connectivity index (χ1v) is 15.7. The summed E-state index contributed by atoms with van der Waals surface area (Å²) in [5.74, 6) is -0.710. The number of hydrogen-bond acceptors (Lipinski definition) is 8. The molecule has 43 heavy (non-hydrogen) atoms. The predicted octanol–water partition coefficient (Wildman–Crippen LogP) is 4.50. The van der Waals surface area contributed by atoms with Gasteiger partial charge in [-0.05, 0) is 62.0 Å². The van der Waals surface area contributed by atoms with E-state index in [2.05, 4.69) is 5.32 Å². The Bertz CT molecular complexity index is 1390. The third-order valence-electron chi connectivity index (χ3n) is 10.1. The van der Waals surface area contributed by atoms with Crippen molar-refractivity contribution in [2.24, 2.45) is 17.3 Å². The molecule has 0 spiro atoms. The van der Waals surface area contributed by atoms with Gasteiger partial charge in [-0.2, -0.15) is 0 Å². The van der Waals surface area contributed by atoms with Crippen LogP contribution < -0.4 is 14.8 Å². The molecule has 1 aromatic carbocycles. The molecule has 11 nitrogen and oxygen atoms in total. The highest BCUT2D eigenvalue weighted by molar-refractivity contribution is 5.91. The van der Waals surface area contributed by atoms with Gasteiger partial charge in [0.05, 0.1) is 24.7 Å². The van der Waals surface area contributed by atoms with Gasteiger partial charge in [0.2, 0.25) is 11.8 Å². The minimum atomic E-state index is -1.12. The fourth-order valence-electron chi connectivity index (χ4n) is 7.28. The molecule has 3 fully saturated rings. The van der Waals surface area contributed by atoms with Gasteiger partial charge in [-0.3, -0.25) is 4.79 Å². The average molecular weight is 595 g/mol. The molecule has 232 valence electrons. The smallest absolute Gasteiger partial charge is 0.408 e. The lowest BCUT2D eigenvalue weighted by atomic mass is 9.79. The van der Waals surface area contributed by atoms with Gasteiger partial charge in [0.1, 0.15) is 35.7 Å². The Balaban J connectivity index is 1.36. The third-order valence-corrected chi connectivity index (χ3v) is 10.1. The van der Waals surface area contributed by atoms with Crippen LogP contribution in [0, 0.1) is 17.3 Å². The Kier molecular flexibility index (Phi) is 8.08. The molecule has 2 saturated carbocycles. The molecule has 0 radical (unpaired) electrons. The van der Waals surface area contributed by atoms with Gasteiger partial charge >= 0.3 is 12.1 Å². The summed E-state index contributed by atoms with van der Waals surface area (Å²) in [6, 6.07) is 3.51. The van der Waals surface area contributed by atoms with Crippen molar-refractivity contribution in [3.8, 4) is 11.6 Å². The van der Waals surface area contributed by atoms with E-state index in [9.17, 15) is 19.5 Å². The van der Waals surface area contributed by atoms with E-state index in [0.29, 0.717) is 29.5 Å². The summed E-state index contributed by atoms with van der Waals surface area (Å²) in [5.41, 5.74) is 1.57. The fourth-order valence-corrected chi connectivity index (χ4v) is 7.28. The van der Waals surface area contributed by atoms with Crippen molar-refractivity contribution in [1.29, 1.82) is 0 Å². The Hall–Kier alpha value is -3.63. The summed E-state index contributed by atoms with van der Waals surface area (Å²) in [6.07, 6.45) is 7.37. The van der Waals surface area contributed by atoms with Crippen molar-refractivity contribution in [2.45, 2.75) is 102 Å². The number of carbonyl (C=O) groups is 3. The SMILES string of the molecule is COc1ccc2nc3c(nc2c1)O[C@H]1CN(C(=O)[C@H](C2(C)CCCC2)NC(=O)O[C@@H]2CC2CCCCC3)[C@H](C(=O)O)[C@@H]1C. The molecule has 1 aromatic heterocycles. The highest BCUT2D eigenvalue weighted by atomic mass is 16.6. The molecule has 2 aliphatic carbocycles. The number of aliphatic carboxylic acids is 1. The summed E-state index contributed by atoms with van der Waals surface area (Å²) >= 11 is 0. The number of aryl methyl sites for hydroxylation is 1. The number of hydrogen-bond donors (Lipinski definition) is 2. The lowest BCUT2D eigenvalue weighted by Gasteiger charge is -2.37. The van der Waals surface area contributed by atoms with Crippen molar-refractivity contribution >= 4 is 29.0 Å². The monoisotopic (exact) mass is 594 g/mol. The van der Waals surface area contributed by atoms with E-state index >= 15 is 0 Å². The summed E-state index contributed by atoms with van der Waals surface area (Å²) in [6.45, 7) is 3.85. The van der Waals surface area contributed by atoms with Gasteiger partial charge in [0.25, 0.3) is 0 Å². The molecule has 6 atom stereocenters. The zero-order chi connectivity index (χ0) is 30.3. The van der Waals surface area contributed by atoms with Crippen molar-refractivity contribution in [3.63, 3.8) is 0 Å².